The Morgan fingerprint density at radius 3 is 2.62 bits per heavy atom. The molecule has 2 unspecified atom stereocenters. The molecule has 2 aromatic carbocycles. The molecule has 0 saturated carbocycles. The lowest BCUT2D eigenvalue weighted by Gasteiger charge is -2.33. The van der Waals surface area contributed by atoms with E-state index in [2.05, 4.69) is 36.2 Å². The van der Waals surface area contributed by atoms with Crippen LogP contribution in [0.2, 0.25) is 5.02 Å². The van der Waals surface area contributed by atoms with E-state index in [-0.39, 0.29) is 5.78 Å². The van der Waals surface area contributed by atoms with Crippen molar-refractivity contribution < 1.29 is 9.90 Å². The molecule has 0 spiro atoms. The van der Waals surface area contributed by atoms with Gasteiger partial charge in [-0.1, -0.05) is 35.9 Å². The van der Waals surface area contributed by atoms with E-state index in [0.717, 1.165) is 19.3 Å². The number of benzene rings is 2. The number of rotatable bonds is 7. The van der Waals surface area contributed by atoms with Gasteiger partial charge in [0.25, 0.3) is 0 Å². The van der Waals surface area contributed by atoms with Crippen molar-refractivity contribution in [3.8, 4) is 0 Å². The van der Waals surface area contributed by atoms with Crippen LogP contribution in [0.5, 0.6) is 0 Å². The summed E-state index contributed by atoms with van der Waals surface area (Å²) in [6.07, 6.45) is 3.58. The molecule has 26 heavy (non-hydrogen) atoms. The molecule has 1 aliphatic rings. The topological polar surface area (TPSA) is 40.5 Å². The molecule has 2 atom stereocenters. The second-order valence-electron chi connectivity index (χ2n) is 7.23. The van der Waals surface area contributed by atoms with Gasteiger partial charge in [0.05, 0.1) is 6.10 Å². The summed E-state index contributed by atoms with van der Waals surface area (Å²) in [6.45, 7) is 0.598. The molecule has 4 heteroatoms. The highest BCUT2D eigenvalue weighted by atomic mass is 35.5. The van der Waals surface area contributed by atoms with Crippen molar-refractivity contribution in [2.45, 2.75) is 44.2 Å². The zero-order chi connectivity index (χ0) is 18.5. The van der Waals surface area contributed by atoms with Crippen LogP contribution in [0, 0.1) is 0 Å². The fraction of sp³-hybridized carbons (Fsp3) is 0.409. The minimum Gasteiger partial charge on any atom is -0.392 e. The first kappa shape index (κ1) is 19.1. The van der Waals surface area contributed by atoms with Crippen molar-refractivity contribution in [1.82, 2.24) is 4.90 Å². The molecule has 2 aromatic rings. The van der Waals surface area contributed by atoms with Gasteiger partial charge in [0.2, 0.25) is 0 Å². The van der Waals surface area contributed by atoms with Crippen LogP contribution in [0.25, 0.3) is 0 Å². The Morgan fingerprint density at radius 1 is 1.19 bits per heavy atom. The van der Waals surface area contributed by atoms with Gasteiger partial charge in [-0.3, -0.25) is 4.79 Å². The number of fused-ring (bicyclic) bond motifs is 1. The number of carbonyl (C=O) groups excluding carboxylic acids is 1. The molecule has 1 N–H and O–H groups in total. The van der Waals surface area contributed by atoms with E-state index in [9.17, 15) is 9.90 Å². The number of carbonyl (C=O) groups is 1. The van der Waals surface area contributed by atoms with Crippen molar-refractivity contribution in [3.63, 3.8) is 0 Å². The highest BCUT2D eigenvalue weighted by molar-refractivity contribution is 6.30. The Labute approximate surface area is 160 Å². The monoisotopic (exact) mass is 371 g/mol. The number of aliphatic hydroxyl groups excluding tert-OH is 1. The van der Waals surface area contributed by atoms with Gasteiger partial charge in [0, 0.05) is 29.6 Å². The van der Waals surface area contributed by atoms with Crippen LogP contribution in [0.15, 0.2) is 48.5 Å². The van der Waals surface area contributed by atoms with Gasteiger partial charge in [0.15, 0.2) is 5.78 Å². The summed E-state index contributed by atoms with van der Waals surface area (Å²) in [6, 6.07) is 16.0. The number of hydrogen-bond acceptors (Lipinski definition) is 3. The summed E-state index contributed by atoms with van der Waals surface area (Å²) in [5, 5.41) is 11.0. The minimum atomic E-state index is -0.492. The van der Waals surface area contributed by atoms with Gasteiger partial charge < -0.3 is 10.0 Å². The third kappa shape index (κ3) is 4.94. The number of likely N-dealkylation sites (N-methyl/N-ethyl adjacent to an activating group) is 1. The lowest BCUT2D eigenvalue weighted by Crippen LogP contribution is -2.40. The highest BCUT2D eigenvalue weighted by Gasteiger charge is 2.23. The van der Waals surface area contributed by atoms with Gasteiger partial charge >= 0.3 is 0 Å². The van der Waals surface area contributed by atoms with Gasteiger partial charge in [0.1, 0.15) is 0 Å². The molecule has 0 bridgehead atoms. The van der Waals surface area contributed by atoms with E-state index in [1.165, 1.54) is 11.1 Å². The summed E-state index contributed by atoms with van der Waals surface area (Å²) in [5.74, 6) is 0.0509. The SMILES string of the molecule is CN(CC(O)CCC(=O)c1ccc(Cl)cc1)C1CCc2ccccc2C1. The van der Waals surface area contributed by atoms with Crippen LogP contribution in [0.1, 0.15) is 40.7 Å². The molecule has 3 nitrogen and oxygen atoms in total. The minimum absolute atomic E-state index is 0.0509. The summed E-state index contributed by atoms with van der Waals surface area (Å²) in [4.78, 5) is 14.5. The molecule has 1 aliphatic carbocycles. The van der Waals surface area contributed by atoms with E-state index in [0.29, 0.717) is 36.0 Å². The summed E-state index contributed by atoms with van der Waals surface area (Å²) in [5.41, 5.74) is 3.52. The van der Waals surface area contributed by atoms with E-state index in [1.807, 2.05) is 0 Å². The van der Waals surface area contributed by atoms with E-state index < -0.39 is 6.10 Å². The van der Waals surface area contributed by atoms with Crippen molar-refractivity contribution >= 4 is 17.4 Å². The smallest absolute Gasteiger partial charge is 0.162 e. The second kappa shape index (κ2) is 8.81. The van der Waals surface area contributed by atoms with Gasteiger partial charge in [-0.05, 0) is 68.1 Å². The first-order valence-corrected chi connectivity index (χ1v) is 9.64. The maximum atomic E-state index is 12.2. The molecule has 0 radical (unpaired) electrons. The van der Waals surface area contributed by atoms with E-state index >= 15 is 0 Å². The fourth-order valence-electron chi connectivity index (χ4n) is 3.71. The molecule has 138 valence electrons. The van der Waals surface area contributed by atoms with Crippen molar-refractivity contribution in [1.29, 1.82) is 0 Å². The molecular weight excluding hydrogens is 346 g/mol. The Kier molecular flexibility index (Phi) is 6.47. The Bertz CT molecular complexity index is 744. The van der Waals surface area contributed by atoms with Crippen LogP contribution < -0.4 is 0 Å². The summed E-state index contributed by atoms with van der Waals surface area (Å²) in [7, 11) is 2.07. The number of halogens is 1. The highest BCUT2D eigenvalue weighted by Crippen LogP contribution is 2.24. The number of nitrogens with zero attached hydrogens (tertiary/aromatic N) is 1. The zero-order valence-electron chi connectivity index (χ0n) is 15.2. The predicted molar refractivity (Wildman–Crippen MR) is 106 cm³/mol. The molecule has 0 heterocycles. The predicted octanol–water partition coefficient (Wildman–Crippen LogP) is 4.15. The molecule has 0 amide bonds. The van der Waals surface area contributed by atoms with Crippen LogP contribution in [-0.2, 0) is 12.8 Å². The average Bonchev–Trinajstić information content (AvgIpc) is 2.66. The number of aryl methyl sites for hydroxylation is 1. The van der Waals surface area contributed by atoms with E-state index in [1.54, 1.807) is 24.3 Å². The van der Waals surface area contributed by atoms with Crippen LogP contribution in [0.3, 0.4) is 0 Å². The van der Waals surface area contributed by atoms with Gasteiger partial charge in [-0.15, -0.1) is 0 Å². The van der Waals surface area contributed by atoms with Crippen LogP contribution >= 0.6 is 11.6 Å². The van der Waals surface area contributed by atoms with Crippen LogP contribution in [-0.4, -0.2) is 41.5 Å². The summed E-state index contributed by atoms with van der Waals surface area (Å²) >= 11 is 5.85. The third-order valence-corrected chi connectivity index (χ3v) is 5.57. The standard InChI is InChI=1S/C22H26ClNO2/c1-24(20-11-8-16-4-2-3-5-18(16)14-20)15-21(25)12-13-22(26)17-6-9-19(23)10-7-17/h2-7,9-10,20-21,25H,8,11-15H2,1H3. The maximum Gasteiger partial charge on any atom is 0.162 e. The quantitative estimate of drug-likeness (QED) is 0.743. The Balaban J connectivity index is 1.46. The summed E-state index contributed by atoms with van der Waals surface area (Å²) < 4.78 is 0. The Hall–Kier alpha value is -1.68. The third-order valence-electron chi connectivity index (χ3n) is 5.31. The lowest BCUT2D eigenvalue weighted by molar-refractivity contribution is 0.0812. The lowest BCUT2D eigenvalue weighted by atomic mass is 9.87. The second-order valence-corrected chi connectivity index (χ2v) is 7.66. The first-order valence-electron chi connectivity index (χ1n) is 9.27. The fourth-order valence-corrected chi connectivity index (χ4v) is 3.83. The molecule has 0 saturated heterocycles. The largest absolute Gasteiger partial charge is 0.392 e. The van der Waals surface area contributed by atoms with E-state index in [4.69, 9.17) is 11.6 Å². The normalized spacial score (nSPS) is 17.8. The number of hydrogen-bond donors (Lipinski definition) is 1. The number of Topliss-reactive ketones (excluding diaryl/α,β-unsaturated/α-hetero) is 1. The molecule has 0 aliphatic heterocycles. The van der Waals surface area contributed by atoms with Crippen molar-refractivity contribution in [3.05, 3.63) is 70.2 Å². The molecule has 0 aromatic heterocycles. The average molecular weight is 372 g/mol. The molecule has 3 rings (SSSR count). The number of aliphatic hydroxyl groups is 1. The Morgan fingerprint density at radius 2 is 1.88 bits per heavy atom. The van der Waals surface area contributed by atoms with Crippen molar-refractivity contribution in [2.24, 2.45) is 0 Å². The van der Waals surface area contributed by atoms with Crippen LogP contribution in [0.4, 0.5) is 0 Å². The molecule has 0 fully saturated rings. The number of ketones is 1. The zero-order valence-corrected chi connectivity index (χ0v) is 16.0. The molecular formula is C22H26ClNO2. The van der Waals surface area contributed by atoms with Crippen molar-refractivity contribution in [2.75, 3.05) is 13.6 Å². The maximum absolute atomic E-state index is 12.2. The van der Waals surface area contributed by atoms with Gasteiger partial charge in [-0.25, -0.2) is 0 Å². The van der Waals surface area contributed by atoms with Gasteiger partial charge in [-0.2, -0.15) is 0 Å². The first-order chi connectivity index (χ1) is 12.5.